The Labute approximate surface area is 79.9 Å². The van der Waals surface area contributed by atoms with Gasteiger partial charge < -0.3 is 5.32 Å². The van der Waals surface area contributed by atoms with E-state index in [2.05, 4.69) is 10.5 Å². The van der Waals surface area contributed by atoms with E-state index in [1.807, 2.05) is 0 Å². The first-order valence-corrected chi connectivity index (χ1v) is 4.00. The molecule has 0 saturated carbocycles. The van der Waals surface area contributed by atoms with Crippen LogP contribution < -0.4 is 5.32 Å². The summed E-state index contributed by atoms with van der Waals surface area (Å²) in [5.74, 6) is -0.416. The summed E-state index contributed by atoms with van der Waals surface area (Å²) in [6.07, 6.45) is 0. The first-order valence-electron chi connectivity index (χ1n) is 3.56. The van der Waals surface area contributed by atoms with Crippen LogP contribution in [0, 0.1) is 4.91 Å². The Balaban J connectivity index is 2.64. The van der Waals surface area contributed by atoms with Crippen molar-refractivity contribution in [3.8, 4) is 0 Å². The Morgan fingerprint density at radius 1 is 1.38 bits per heavy atom. The molecule has 4 nitrogen and oxygen atoms in total. The number of nitrogens with zero attached hydrogens (tertiary/aromatic N) is 1. The number of carbonyl (C=O) groups is 1. The molecular formula is C8H7ClN2O2. The van der Waals surface area contributed by atoms with E-state index in [1.54, 1.807) is 30.3 Å². The third-order valence-corrected chi connectivity index (χ3v) is 1.57. The number of carbonyl (C=O) groups excluding carboxylic acids is 1. The van der Waals surface area contributed by atoms with Gasteiger partial charge in [-0.3, -0.25) is 4.79 Å². The maximum absolute atomic E-state index is 11.2. The molecule has 1 atom stereocenters. The summed E-state index contributed by atoms with van der Waals surface area (Å²) in [6, 6.07) is 8.44. The maximum Gasteiger partial charge on any atom is 0.253 e. The lowest BCUT2D eigenvalue weighted by Crippen LogP contribution is -2.28. The van der Waals surface area contributed by atoms with E-state index in [0.29, 0.717) is 5.56 Å². The predicted molar refractivity (Wildman–Crippen MR) is 49.3 cm³/mol. The lowest BCUT2D eigenvalue weighted by Gasteiger charge is -2.03. The highest BCUT2D eigenvalue weighted by atomic mass is 35.5. The number of benzene rings is 1. The van der Waals surface area contributed by atoms with Crippen LogP contribution in [0.4, 0.5) is 0 Å². The molecule has 1 N–H and O–H groups in total. The van der Waals surface area contributed by atoms with Crippen molar-refractivity contribution < 1.29 is 4.79 Å². The Hall–Kier alpha value is -1.42. The number of amides is 1. The SMILES string of the molecule is O=NC(Cl)NC(=O)c1ccccc1. The molecule has 0 aliphatic carbocycles. The van der Waals surface area contributed by atoms with Gasteiger partial charge in [0, 0.05) is 5.56 Å². The van der Waals surface area contributed by atoms with E-state index < -0.39 is 11.5 Å². The third kappa shape index (κ3) is 2.83. The van der Waals surface area contributed by atoms with Gasteiger partial charge in [0.15, 0.2) is 0 Å². The molecule has 5 heteroatoms. The van der Waals surface area contributed by atoms with Gasteiger partial charge in [-0.15, -0.1) is 4.91 Å². The van der Waals surface area contributed by atoms with Gasteiger partial charge in [0.1, 0.15) is 0 Å². The Kier molecular flexibility index (Phi) is 3.40. The Morgan fingerprint density at radius 2 is 2.00 bits per heavy atom. The molecule has 1 rings (SSSR count). The average molecular weight is 199 g/mol. The molecule has 0 fully saturated rings. The fraction of sp³-hybridized carbons (Fsp3) is 0.125. The maximum atomic E-state index is 11.2. The van der Waals surface area contributed by atoms with Crippen LogP contribution in [0.5, 0.6) is 0 Å². The lowest BCUT2D eigenvalue weighted by atomic mass is 10.2. The van der Waals surface area contributed by atoms with E-state index in [9.17, 15) is 9.70 Å². The van der Waals surface area contributed by atoms with Gasteiger partial charge in [-0.25, -0.2) is 0 Å². The highest BCUT2D eigenvalue weighted by Gasteiger charge is 2.09. The molecule has 0 spiro atoms. The van der Waals surface area contributed by atoms with Gasteiger partial charge >= 0.3 is 0 Å². The van der Waals surface area contributed by atoms with E-state index in [-0.39, 0.29) is 0 Å². The van der Waals surface area contributed by atoms with Gasteiger partial charge in [-0.05, 0) is 17.3 Å². The summed E-state index contributed by atoms with van der Waals surface area (Å²) in [7, 11) is 0. The Bertz CT molecular complexity index is 302. The second-order valence-corrected chi connectivity index (χ2v) is 2.69. The predicted octanol–water partition coefficient (Wildman–Crippen LogP) is 1.71. The number of rotatable bonds is 3. The number of hydrogen-bond donors (Lipinski definition) is 1. The van der Waals surface area contributed by atoms with Crippen molar-refractivity contribution in [2.75, 3.05) is 0 Å². The standard InChI is InChI=1S/C8H7ClN2O2/c9-8(11-13)10-7(12)6-4-2-1-3-5-6/h1-5,8H,(H,10,12). The highest BCUT2D eigenvalue weighted by Crippen LogP contribution is 2.00. The van der Waals surface area contributed by atoms with Crippen molar-refractivity contribution in [1.29, 1.82) is 0 Å². The minimum Gasteiger partial charge on any atom is -0.315 e. The molecule has 1 aromatic rings. The number of hydrogen-bond acceptors (Lipinski definition) is 3. The summed E-state index contributed by atoms with van der Waals surface area (Å²) in [6.45, 7) is 0. The van der Waals surface area contributed by atoms with E-state index in [4.69, 9.17) is 11.6 Å². The van der Waals surface area contributed by atoms with Crippen LogP contribution in [-0.2, 0) is 0 Å². The summed E-state index contributed by atoms with van der Waals surface area (Å²) < 4.78 is 0. The zero-order chi connectivity index (χ0) is 9.68. The minimum absolute atomic E-state index is 0.416. The van der Waals surface area contributed by atoms with Crippen molar-refractivity contribution in [3.05, 3.63) is 40.8 Å². The van der Waals surface area contributed by atoms with E-state index in [1.165, 1.54) is 0 Å². The molecule has 0 aliphatic rings. The molecule has 13 heavy (non-hydrogen) atoms. The second-order valence-electron chi connectivity index (χ2n) is 2.28. The molecule has 1 amide bonds. The van der Waals surface area contributed by atoms with Crippen LogP contribution in [0.2, 0.25) is 0 Å². The molecule has 0 aromatic heterocycles. The molecule has 0 heterocycles. The average Bonchev–Trinajstić information content (AvgIpc) is 2.19. The van der Waals surface area contributed by atoms with Gasteiger partial charge in [0.2, 0.25) is 5.62 Å². The molecule has 0 radical (unpaired) electrons. The number of alkyl halides is 1. The first-order chi connectivity index (χ1) is 6.24. The summed E-state index contributed by atoms with van der Waals surface area (Å²) in [4.78, 5) is 21.1. The van der Waals surface area contributed by atoms with Gasteiger partial charge in [-0.1, -0.05) is 29.8 Å². The van der Waals surface area contributed by atoms with E-state index >= 15 is 0 Å². The minimum atomic E-state index is -1.22. The largest absolute Gasteiger partial charge is 0.315 e. The smallest absolute Gasteiger partial charge is 0.253 e. The normalized spacial score (nSPS) is 11.8. The van der Waals surface area contributed by atoms with Crippen LogP contribution in [0.15, 0.2) is 35.5 Å². The van der Waals surface area contributed by atoms with Crippen LogP contribution in [-0.4, -0.2) is 11.5 Å². The summed E-state index contributed by atoms with van der Waals surface area (Å²) >= 11 is 5.30. The lowest BCUT2D eigenvalue weighted by molar-refractivity contribution is 0.0949. The third-order valence-electron chi connectivity index (χ3n) is 1.38. The monoisotopic (exact) mass is 198 g/mol. The summed E-state index contributed by atoms with van der Waals surface area (Å²) in [5, 5.41) is 4.63. The molecule has 1 unspecified atom stereocenters. The summed E-state index contributed by atoms with van der Waals surface area (Å²) in [5.41, 5.74) is -0.774. The number of nitroso groups, excluding NO2 is 1. The van der Waals surface area contributed by atoms with E-state index in [0.717, 1.165) is 0 Å². The van der Waals surface area contributed by atoms with Crippen LogP contribution in [0.3, 0.4) is 0 Å². The topological polar surface area (TPSA) is 58.5 Å². The van der Waals surface area contributed by atoms with Crippen LogP contribution >= 0.6 is 11.6 Å². The van der Waals surface area contributed by atoms with Crippen LogP contribution in [0.1, 0.15) is 10.4 Å². The zero-order valence-electron chi connectivity index (χ0n) is 6.61. The quantitative estimate of drug-likeness (QED) is 0.457. The van der Waals surface area contributed by atoms with Crippen LogP contribution in [0.25, 0.3) is 0 Å². The fourth-order valence-corrected chi connectivity index (χ4v) is 0.906. The zero-order valence-corrected chi connectivity index (χ0v) is 7.36. The molecule has 1 aromatic carbocycles. The van der Waals surface area contributed by atoms with Crippen molar-refractivity contribution >= 4 is 17.5 Å². The molecule has 68 valence electrons. The first kappa shape index (κ1) is 9.67. The van der Waals surface area contributed by atoms with Gasteiger partial charge in [-0.2, -0.15) is 0 Å². The van der Waals surface area contributed by atoms with Crippen molar-refractivity contribution in [2.24, 2.45) is 5.18 Å². The molecule has 0 aliphatic heterocycles. The molecular weight excluding hydrogens is 192 g/mol. The van der Waals surface area contributed by atoms with Gasteiger partial charge in [0.05, 0.1) is 0 Å². The van der Waals surface area contributed by atoms with Crippen molar-refractivity contribution in [3.63, 3.8) is 0 Å². The number of halogens is 1. The van der Waals surface area contributed by atoms with Gasteiger partial charge in [0.25, 0.3) is 5.91 Å². The molecule has 0 bridgehead atoms. The molecule has 0 saturated heterocycles. The van der Waals surface area contributed by atoms with Crippen molar-refractivity contribution in [2.45, 2.75) is 5.62 Å². The number of nitrogens with one attached hydrogen (secondary N) is 1. The highest BCUT2D eigenvalue weighted by molar-refractivity contribution is 6.21. The fourth-order valence-electron chi connectivity index (χ4n) is 0.807. The second kappa shape index (κ2) is 4.57. The Morgan fingerprint density at radius 3 is 2.54 bits per heavy atom. The van der Waals surface area contributed by atoms with Crippen molar-refractivity contribution in [1.82, 2.24) is 5.32 Å².